The number of primary amides is 1. The summed E-state index contributed by atoms with van der Waals surface area (Å²) in [6, 6.07) is 27.7. The topological polar surface area (TPSA) is 75.4 Å². The summed E-state index contributed by atoms with van der Waals surface area (Å²) in [5.41, 5.74) is 9.64. The number of nitrogens with zero attached hydrogens (tertiary/aromatic N) is 4. The van der Waals surface area contributed by atoms with Gasteiger partial charge < -0.3 is 10.6 Å². The number of hydrogen-bond acceptors (Lipinski definition) is 5. The van der Waals surface area contributed by atoms with E-state index in [9.17, 15) is 4.79 Å². The van der Waals surface area contributed by atoms with Gasteiger partial charge in [-0.25, -0.2) is 9.97 Å². The maximum Gasteiger partial charge on any atom is 0.239 e. The van der Waals surface area contributed by atoms with Gasteiger partial charge in [0.05, 0.1) is 11.2 Å². The zero-order valence-electron chi connectivity index (χ0n) is 17.8. The van der Waals surface area contributed by atoms with Crippen LogP contribution >= 0.6 is 0 Å². The number of carbonyl (C=O) groups excluding carboxylic acids is 1. The van der Waals surface area contributed by atoms with Crippen molar-refractivity contribution in [1.82, 2.24) is 14.9 Å². The average Bonchev–Trinajstić information content (AvgIpc) is 2.85. The molecule has 5 rings (SSSR count). The van der Waals surface area contributed by atoms with Gasteiger partial charge in [-0.2, -0.15) is 0 Å². The van der Waals surface area contributed by atoms with Crippen molar-refractivity contribution in [2.24, 2.45) is 5.73 Å². The lowest BCUT2D eigenvalue weighted by Gasteiger charge is -2.38. The SMILES string of the molecule is NC(=O)[C@H](c1ccccc1)N1CCN(c2nc(-c3ccccc3)c3ccccc3n2)CC1. The standard InChI is InChI=1S/C26H25N5O/c27-25(32)24(20-11-5-2-6-12-20)30-15-17-31(18-16-30)26-28-22-14-8-7-13-21(22)23(29-26)19-9-3-1-4-10-19/h1-14,24H,15-18H2,(H2,27,32)/t24-/m0/s1. The van der Waals surface area contributed by atoms with Gasteiger partial charge in [0.15, 0.2) is 0 Å². The van der Waals surface area contributed by atoms with Gasteiger partial charge in [0, 0.05) is 37.1 Å². The molecule has 32 heavy (non-hydrogen) atoms. The number of anilines is 1. The van der Waals surface area contributed by atoms with Gasteiger partial charge >= 0.3 is 0 Å². The van der Waals surface area contributed by atoms with Crippen molar-refractivity contribution in [3.05, 3.63) is 90.5 Å². The first kappa shape index (κ1) is 20.2. The molecule has 6 nitrogen and oxygen atoms in total. The molecule has 1 fully saturated rings. The minimum absolute atomic E-state index is 0.321. The van der Waals surface area contributed by atoms with Crippen LogP contribution in [0.25, 0.3) is 22.2 Å². The Balaban J connectivity index is 1.42. The van der Waals surface area contributed by atoms with Crippen LogP contribution in [0.15, 0.2) is 84.9 Å². The molecule has 0 aliphatic carbocycles. The fraction of sp³-hybridized carbons (Fsp3) is 0.192. The molecular formula is C26H25N5O. The monoisotopic (exact) mass is 423 g/mol. The zero-order chi connectivity index (χ0) is 21.9. The molecule has 0 unspecified atom stereocenters. The van der Waals surface area contributed by atoms with Crippen LogP contribution in [0.2, 0.25) is 0 Å². The predicted octanol–water partition coefficient (Wildman–Crippen LogP) is 3.65. The summed E-state index contributed by atoms with van der Waals surface area (Å²) in [5.74, 6) is 0.399. The molecule has 1 atom stereocenters. The number of carbonyl (C=O) groups is 1. The van der Waals surface area contributed by atoms with Crippen molar-refractivity contribution in [1.29, 1.82) is 0 Å². The summed E-state index contributed by atoms with van der Waals surface area (Å²) in [4.78, 5) is 26.4. The Bertz CT molecular complexity index is 1220. The van der Waals surface area contributed by atoms with Gasteiger partial charge in [0.25, 0.3) is 0 Å². The van der Waals surface area contributed by atoms with Crippen LogP contribution < -0.4 is 10.6 Å². The van der Waals surface area contributed by atoms with Crippen LogP contribution in [0.1, 0.15) is 11.6 Å². The van der Waals surface area contributed by atoms with E-state index in [1.807, 2.05) is 66.7 Å². The van der Waals surface area contributed by atoms with Crippen LogP contribution in [0, 0.1) is 0 Å². The number of amides is 1. The number of piperazine rings is 1. The van der Waals surface area contributed by atoms with E-state index in [1.54, 1.807) is 0 Å². The van der Waals surface area contributed by atoms with Crippen molar-refractivity contribution in [3.63, 3.8) is 0 Å². The second-order valence-electron chi connectivity index (χ2n) is 7.99. The Morgan fingerprint density at radius 3 is 2.09 bits per heavy atom. The first-order chi connectivity index (χ1) is 15.7. The van der Waals surface area contributed by atoms with E-state index < -0.39 is 6.04 Å². The van der Waals surface area contributed by atoms with Gasteiger partial charge in [-0.1, -0.05) is 78.9 Å². The second kappa shape index (κ2) is 8.77. The Kier molecular flexibility index (Phi) is 5.52. The quantitative estimate of drug-likeness (QED) is 0.530. The van der Waals surface area contributed by atoms with Crippen molar-refractivity contribution in [2.75, 3.05) is 31.1 Å². The first-order valence-corrected chi connectivity index (χ1v) is 10.9. The molecule has 3 aromatic carbocycles. The van der Waals surface area contributed by atoms with E-state index in [0.717, 1.165) is 46.8 Å². The van der Waals surface area contributed by atoms with Crippen molar-refractivity contribution in [3.8, 4) is 11.3 Å². The lowest BCUT2D eigenvalue weighted by molar-refractivity contribution is -0.123. The highest BCUT2D eigenvalue weighted by atomic mass is 16.1. The lowest BCUT2D eigenvalue weighted by Crippen LogP contribution is -2.50. The molecule has 0 bridgehead atoms. The van der Waals surface area contributed by atoms with E-state index in [1.165, 1.54) is 0 Å². The van der Waals surface area contributed by atoms with Gasteiger partial charge in [-0.15, -0.1) is 0 Å². The van der Waals surface area contributed by atoms with E-state index in [-0.39, 0.29) is 5.91 Å². The van der Waals surface area contributed by atoms with Crippen LogP contribution in [-0.4, -0.2) is 47.0 Å². The Hall–Kier alpha value is -3.77. The largest absolute Gasteiger partial charge is 0.368 e. The molecule has 0 saturated carbocycles. The fourth-order valence-electron chi connectivity index (χ4n) is 4.39. The smallest absolute Gasteiger partial charge is 0.239 e. The summed E-state index contributed by atoms with van der Waals surface area (Å²) in [7, 11) is 0. The molecule has 1 aromatic heterocycles. The number of hydrogen-bond donors (Lipinski definition) is 1. The Labute approximate surface area is 187 Å². The first-order valence-electron chi connectivity index (χ1n) is 10.9. The highest BCUT2D eigenvalue weighted by Gasteiger charge is 2.29. The number of rotatable bonds is 5. The molecule has 4 aromatic rings. The molecule has 1 amide bonds. The molecule has 1 aliphatic heterocycles. The fourth-order valence-corrected chi connectivity index (χ4v) is 4.39. The van der Waals surface area contributed by atoms with Gasteiger partial charge in [-0.05, 0) is 11.6 Å². The molecule has 0 radical (unpaired) electrons. The summed E-state index contributed by atoms with van der Waals surface area (Å²) < 4.78 is 0. The van der Waals surface area contributed by atoms with E-state index >= 15 is 0 Å². The zero-order valence-corrected chi connectivity index (χ0v) is 17.8. The molecule has 2 heterocycles. The molecule has 2 N–H and O–H groups in total. The number of aromatic nitrogens is 2. The van der Waals surface area contributed by atoms with E-state index in [0.29, 0.717) is 13.1 Å². The van der Waals surface area contributed by atoms with Gasteiger partial charge in [0.1, 0.15) is 6.04 Å². The molecule has 0 spiro atoms. The van der Waals surface area contributed by atoms with Gasteiger partial charge in [0.2, 0.25) is 11.9 Å². The van der Waals surface area contributed by atoms with Crippen molar-refractivity contribution < 1.29 is 4.79 Å². The average molecular weight is 424 g/mol. The van der Waals surface area contributed by atoms with Crippen molar-refractivity contribution in [2.45, 2.75) is 6.04 Å². The Morgan fingerprint density at radius 2 is 1.41 bits per heavy atom. The summed E-state index contributed by atoms with van der Waals surface area (Å²) >= 11 is 0. The third-order valence-electron chi connectivity index (χ3n) is 5.99. The summed E-state index contributed by atoms with van der Waals surface area (Å²) in [6.45, 7) is 2.87. The minimum atomic E-state index is -0.421. The maximum atomic E-state index is 12.2. The number of benzene rings is 3. The molecular weight excluding hydrogens is 398 g/mol. The molecule has 160 valence electrons. The highest BCUT2D eigenvalue weighted by molar-refractivity contribution is 5.93. The number of fused-ring (bicyclic) bond motifs is 1. The van der Waals surface area contributed by atoms with Crippen LogP contribution in [0.4, 0.5) is 5.95 Å². The van der Waals surface area contributed by atoms with Crippen molar-refractivity contribution >= 4 is 22.8 Å². The summed E-state index contributed by atoms with van der Waals surface area (Å²) in [6.07, 6.45) is 0. The van der Waals surface area contributed by atoms with Gasteiger partial charge in [-0.3, -0.25) is 9.69 Å². The van der Waals surface area contributed by atoms with E-state index in [4.69, 9.17) is 15.7 Å². The second-order valence-corrected chi connectivity index (χ2v) is 7.99. The maximum absolute atomic E-state index is 12.2. The number of nitrogens with two attached hydrogens (primary N) is 1. The minimum Gasteiger partial charge on any atom is -0.368 e. The summed E-state index contributed by atoms with van der Waals surface area (Å²) in [5, 5.41) is 1.04. The van der Waals surface area contributed by atoms with Crippen LogP contribution in [-0.2, 0) is 4.79 Å². The molecule has 1 aliphatic rings. The Morgan fingerprint density at radius 1 is 0.781 bits per heavy atom. The highest BCUT2D eigenvalue weighted by Crippen LogP contribution is 2.29. The normalized spacial score (nSPS) is 15.6. The van der Waals surface area contributed by atoms with Crippen LogP contribution in [0.3, 0.4) is 0 Å². The van der Waals surface area contributed by atoms with Crippen LogP contribution in [0.5, 0.6) is 0 Å². The van der Waals surface area contributed by atoms with E-state index in [2.05, 4.69) is 28.0 Å². The third-order valence-corrected chi connectivity index (χ3v) is 5.99. The number of para-hydroxylation sites is 1. The lowest BCUT2D eigenvalue weighted by atomic mass is 10.0. The third kappa shape index (κ3) is 3.92. The molecule has 6 heteroatoms. The predicted molar refractivity (Wildman–Crippen MR) is 127 cm³/mol. The molecule has 1 saturated heterocycles.